The van der Waals surface area contributed by atoms with Gasteiger partial charge in [0, 0.05) is 24.1 Å². The third-order valence-corrected chi connectivity index (χ3v) is 3.18. The summed E-state index contributed by atoms with van der Waals surface area (Å²) in [4.78, 5) is 13.6. The number of ether oxygens (including phenoxy) is 1. The molecule has 0 radical (unpaired) electrons. The lowest BCUT2D eigenvalue weighted by atomic mass is 10.2. The van der Waals surface area contributed by atoms with Gasteiger partial charge in [0.1, 0.15) is 0 Å². The fraction of sp³-hybridized carbons (Fsp3) is 0.417. The minimum absolute atomic E-state index is 0.0174. The van der Waals surface area contributed by atoms with E-state index < -0.39 is 0 Å². The molecule has 2 amide bonds. The van der Waals surface area contributed by atoms with Gasteiger partial charge in [0.05, 0.1) is 13.2 Å². The molecule has 0 unspecified atom stereocenters. The molecular formula is C12H15BrN2O2. The Morgan fingerprint density at radius 2 is 1.94 bits per heavy atom. The second kappa shape index (κ2) is 6.02. The van der Waals surface area contributed by atoms with Crippen molar-refractivity contribution in [1.82, 2.24) is 10.2 Å². The van der Waals surface area contributed by atoms with Crippen molar-refractivity contribution in [2.45, 2.75) is 6.54 Å². The van der Waals surface area contributed by atoms with Gasteiger partial charge in [0.25, 0.3) is 0 Å². The molecule has 0 atom stereocenters. The number of benzene rings is 1. The summed E-state index contributed by atoms with van der Waals surface area (Å²) in [5.74, 6) is 0. The van der Waals surface area contributed by atoms with Gasteiger partial charge in [0.2, 0.25) is 0 Å². The van der Waals surface area contributed by atoms with E-state index in [1.165, 1.54) is 0 Å². The summed E-state index contributed by atoms with van der Waals surface area (Å²) in [7, 11) is 0. The van der Waals surface area contributed by atoms with Crippen molar-refractivity contribution in [3.05, 3.63) is 34.3 Å². The average molecular weight is 299 g/mol. The highest BCUT2D eigenvalue weighted by Crippen LogP contribution is 2.10. The van der Waals surface area contributed by atoms with Crippen LogP contribution in [0.1, 0.15) is 5.56 Å². The molecule has 4 nitrogen and oxygen atoms in total. The van der Waals surface area contributed by atoms with E-state index >= 15 is 0 Å². The predicted molar refractivity (Wildman–Crippen MR) is 68.8 cm³/mol. The summed E-state index contributed by atoms with van der Waals surface area (Å²) in [6.45, 7) is 3.17. The van der Waals surface area contributed by atoms with Crippen LogP contribution in [0.5, 0.6) is 0 Å². The highest BCUT2D eigenvalue weighted by molar-refractivity contribution is 9.10. The molecule has 0 aliphatic carbocycles. The molecule has 0 aromatic heterocycles. The number of amides is 2. The van der Waals surface area contributed by atoms with E-state index in [1.807, 2.05) is 24.3 Å². The highest BCUT2D eigenvalue weighted by atomic mass is 79.9. The number of carbonyl (C=O) groups is 1. The summed E-state index contributed by atoms with van der Waals surface area (Å²) < 4.78 is 6.24. The lowest BCUT2D eigenvalue weighted by Gasteiger charge is -2.26. The van der Waals surface area contributed by atoms with E-state index in [9.17, 15) is 4.79 Å². The number of urea groups is 1. The molecule has 1 fully saturated rings. The van der Waals surface area contributed by atoms with Gasteiger partial charge in [-0.15, -0.1) is 0 Å². The molecule has 1 aromatic carbocycles. The molecule has 1 heterocycles. The van der Waals surface area contributed by atoms with Gasteiger partial charge in [-0.3, -0.25) is 0 Å². The van der Waals surface area contributed by atoms with Gasteiger partial charge in [-0.05, 0) is 17.7 Å². The Labute approximate surface area is 109 Å². The van der Waals surface area contributed by atoms with Gasteiger partial charge < -0.3 is 15.0 Å². The lowest BCUT2D eigenvalue weighted by Crippen LogP contribution is -2.45. The molecule has 1 aliphatic rings. The van der Waals surface area contributed by atoms with E-state index in [0.29, 0.717) is 32.8 Å². The third-order valence-electron chi connectivity index (χ3n) is 2.66. The van der Waals surface area contributed by atoms with E-state index in [4.69, 9.17) is 4.74 Å². The molecule has 1 saturated heterocycles. The second-order valence-corrected chi connectivity index (χ2v) is 4.80. The predicted octanol–water partition coefficient (Wildman–Crippen LogP) is 1.99. The largest absolute Gasteiger partial charge is 0.378 e. The number of carbonyl (C=O) groups excluding carboxylic acids is 1. The fourth-order valence-electron chi connectivity index (χ4n) is 1.66. The number of nitrogens with zero attached hydrogens (tertiary/aromatic N) is 1. The zero-order valence-corrected chi connectivity index (χ0v) is 11.1. The first kappa shape index (κ1) is 12.4. The van der Waals surface area contributed by atoms with Crippen molar-refractivity contribution in [2.24, 2.45) is 0 Å². The molecule has 2 rings (SSSR count). The number of nitrogens with one attached hydrogen (secondary N) is 1. The van der Waals surface area contributed by atoms with Crippen LogP contribution in [-0.2, 0) is 11.3 Å². The van der Waals surface area contributed by atoms with Crippen LogP contribution in [-0.4, -0.2) is 37.2 Å². The number of morpholine rings is 1. The van der Waals surface area contributed by atoms with Crippen LogP contribution in [0.4, 0.5) is 4.79 Å². The molecule has 0 spiro atoms. The summed E-state index contributed by atoms with van der Waals surface area (Å²) in [6, 6.07) is 7.90. The van der Waals surface area contributed by atoms with Gasteiger partial charge in [-0.1, -0.05) is 28.1 Å². The van der Waals surface area contributed by atoms with Crippen LogP contribution >= 0.6 is 15.9 Å². The molecule has 1 aromatic rings. The van der Waals surface area contributed by atoms with Crippen LogP contribution in [0.15, 0.2) is 28.7 Å². The maximum Gasteiger partial charge on any atom is 0.317 e. The van der Waals surface area contributed by atoms with Crippen molar-refractivity contribution in [1.29, 1.82) is 0 Å². The number of hydrogen-bond acceptors (Lipinski definition) is 2. The maximum atomic E-state index is 11.8. The minimum atomic E-state index is -0.0174. The minimum Gasteiger partial charge on any atom is -0.378 e. The van der Waals surface area contributed by atoms with Gasteiger partial charge >= 0.3 is 6.03 Å². The number of rotatable bonds is 2. The molecule has 17 heavy (non-hydrogen) atoms. The second-order valence-electron chi connectivity index (χ2n) is 3.88. The monoisotopic (exact) mass is 298 g/mol. The van der Waals surface area contributed by atoms with Crippen LogP contribution < -0.4 is 5.32 Å². The summed E-state index contributed by atoms with van der Waals surface area (Å²) >= 11 is 3.38. The van der Waals surface area contributed by atoms with Crippen molar-refractivity contribution in [3.63, 3.8) is 0 Å². The van der Waals surface area contributed by atoms with Crippen LogP contribution in [0.25, 0.3) is 0 Å². The summed E-state index contributed by atoms with van der Waals surface area (Å²) in [5.41, 5.74) is 1.09. The molecule has 5 heteroatoms. The molecular weight excluding hydrogens is 284 g/mol. The van der Waals surface area contributed by atoms with Gasteiger partial charge in [0.15, 0.2) is 0 Å². The van der Waals surface area contributed by atoms with Crippen molar-refractivity contribution in [3.8, 4) is 0 Å². The van der Waals surface area contributed by atoms with Gasteiger partial charge in [-0.2, -0.15) is 0 Å². The number of hydrogen-bond donors (Lipinski definition) is 1. The normalized spacial score (nSPS) is 15.7. The SMILES string of the molecule is O=C(NCc1ccc(Br)cc1)N1CCOCC1. The smallest absolute Gasteiger partial charge is 0.317 e. The van der Waals surface area contributed by atoms with E-state index in [0.717, 1.165) is 10.0 Å². The quantitative estimate of drug-likeness (QED) is 0.907. The third kappa shape index (κ3) is 3.71. The first-order valence-electron chi connectivity index (χ1n) is 5.60. The summed E-state index contributed by atoms with van der Waals surface area (Å²) in [5, 5.41) is 2.90. The Morgan fingerprint density at radius 3 is 2.59 bits per heavy atom. The molecule has 1 N–H and O–H groups in total. The van der Waals surface area contributed by atoms with E-state index in [1.54, 1.807) is 4.90 Å². The summed E-state index contributed by atoms with van der Waals surface area (Å²) in [6.07, 6.45) is 0. The van der Waals surface area contributed by atoms with Gasteiger partial charge in [-0.25, -0.2) is 4.79 Å². The topological polar surface area (TPSA) is 41.6 Å². The fourth-order valence-corrected chi connectivity index (χ4v) is 1.92. The molecule has 0 bridgehead atoms. The molecule has 0 saturated carbocycles. The van der Waals surface area contributed by atoms with Crippen LogP contribution in [0.3, 0.4) is 0 Å². The van der Waals surface area contributed by atoms with Crippen LogP contribution in [0.2, 0.25) is 0 Å². The first-order valence-corrected chi connectivity index (χ1v) is 6.40. The Kier molecular flexibility index (Phi) is 4.39. The van der Waals surface area contributed by atoms with E-state index in [-0.39, 0.29) is 6.03 Å². The highest BCUT2D eigenvalue weighted by Gasteiger charge is 2.15. The zero-order chi connectivity index (χ0) is 12.1. The Hall–Kier alpha value is -1.07. The van der Waals surface area contributed by atoms with Crippen molar-refractivity contribution >= 4 is 22.0 Å². The Morgan fingerprint density at radius 1 is 1.29 bits per heavy atom. The maximum absolute atomic E-state index is 11.8. The molecule has 92 valence electrons. The zero-order valence-electron chi connectivity index (χ0n) is 9.49. The van der Waals surface area contributed by atoms with Crippen molar-refractivity contribution < 1.29 is 9.53 Å². The Bertz CT molecular complexity index is 375. The standard InChI is InChI=1S/C12H15BrN2O2/c13-11-3-1-10(2-4-11)9-14-12(16)15-5-7-17-8-6-15/h1-4H,5-9H2,(H,14,16). The molecule has 1 aliphatic heterocycles. The lowest BCUT2D eigenvalue weighted by molar-refractivity contribution is 0.0531. The first-order chi connectivity index (χ1) is 8.25. The van der Waals surface area contributed by atoms with Crippen LogP contribution in [0, 0.1) is 0 Å². The van der Waals surface area contributed by atoms with E-state index in [2.05, 4.69) is 21.2 Å². The van der Waals surface area contributed by atoms with Crippen molar-refractivity contribution in [2.75, 3.05) is 26.3 Å². The Balaban J connectivity index is 1.81. The number of halogens is 1. The average Bonchev–Trinajstić information content (AvgIpc) is 2.39.